The van der Waals surface area contributed by atoms with E-state index < -0.39 is 11.8 Å². The van der Waals surface area contributed by atoms with E-state index in [4.69, 9.17) is 9.52 Å². The highest BCUT2D eigenvalue weighted by Crippen LogP contribution is 2.28. The fourth-order valence-electron chi connectivity index (χ4n) is 1.67. The van der Waals surface area contributed by atoms with Crippen LogP contribution in [0.15, 0.2) is 22.8 Å². The summed E-state index contributed by atoms with van der Waals surface area (Å²) in [6.45, 7) is 0. The number of rotatable bonds is 2. The molecule has 0 aliphatic carbocycles. The molecule has 7 nitrogen and oxygen atoms in total. The van der Waals surface area contributed by atoms with Crippen molar-refractivity contribution in [3.8, 4) is 11.4 Å². The predicted octanol–water partition coefficient (Wildman–Crippen LogP) is 1.45. The third-order valence-electron chi connectivity index (χ3n) is 2.49. The second-order valence-corrected chi connectivity index (χ2v) is 3.53. The van der Waals surface area contributed by atoms with E-state index in [0.717, 1.165) is 12.3 Å². The Morgan fingerprint density at radius 3 is 2.94 bits per heavy atom. The highest BCUT2D eigenvalue weighted by Gasteiger charge is 2.17. The first-order chi connectivity index (χ1) is 8.66. The van der Waals surface area contributed by atoms with Crippen LogP contribution >= 0.6 is 0 Å². The Morgan fingerprint density at radius 1 is 1.44 bits per heavy atom. The molecule has 3 aromatic rings. The number of nitrogens with one attached hydrogen (secondary N) is 1. The van der Waals surface area contributed by atoms with Gasteiger partial charge in [-0.2, -0.15) is 0 Å². The van der Waals surface area contributed by atoms with Crippen molar-refractivity contribution in [3.05, 3.63) is 29.8 Å². The van der Waals surface area contributed by atoms with Gasteiger partial charge in [0.25, 0.3) is 0 Å². The smallest absolute Gasteiger partial charge is 0.339 e. The van der Waals surface area contributed by atoms with E-state index in [1.807, 2.05) is 0 Å². The number of furan rings is 1. The molecule has 0 saturated heterocycles. The first-order valence-corrected chi connectivity index (χ1v) is 4.85. The summed E-state index contributed by atoms with van der Waals surface area (Å²) in [4.78, 5) is 10.9. The number of carbonyl (C=O) groups is 1. The number of aromatic carboxylic acids is 1. The van der Waals surface area contributed by atoms with Gasteiger partial charge in [-0.25, -0.2) is 14.3 Å². The van der Waals surface area contributed by atoms with Crippen molar-refractivity contribution in [2.75, 3.05) is 0 Å². The van der Waals surface area contributed by atoms with Gasteiger partial charge in [-0.3, -0.25) is 0 Å². The quantitative estimate of drug-likeness (QED) is 0.711. The van der Waals surface area contributed by atoms with Gasteiger partial charge in [0.15, 0.2) is 5.82 Å². The molecule has 0 saturated carbocycles. The van der Waals surface area contributed by atoms with Crippen LogP contribution in [0.4, 0.5) is 4.39 Å². The highest BCUT2D eigenvalue weighted by molar-refractivity contribution is 6.02. The number of hydrogen-bond donors (Lipinski definition) is 2. The summed E-state index contributed by atoms with van der Waals surface area (Å²) >= 11 is 0. The number of H-pyrrole nitrogens is 1. The molecule has 0 aliphatic heterocycles. The van der Waals surface area contributed by atoms with Gasteiger partial charge in [0, 0.05) is 5.39 Å². The molecule has 2 heterocycles. The van der Waals surface area contributed by atoms with Gasteiger partial charge in [-0.15, -0.1) is 5.10 Å². The summed E-state index contributed by atoms with van der Waals surface area (Å²) in [7, 11) is 0. The van der Waals surface area contributed by atoms with Crippen LogP contribution in [0.5, 0.6) is 0 Å². The average Bonchev–Trinajstić information content (AvgIpc) is 2.95. The number of halogens is 1. The minimum Gasteiger partial charge on any atom is -0.478 e. The van der Waals surface area contributed by atoms with Crippen molar-refractivity contribution < 1.29 is 18.7 Å². The van der Waals surface area contributed by atoms with Gasteiger partial charge < -0.3 is 9.52 Å². The lowest BCUT2D eigenvalue weighted by atomic mass is 10.1. The molecule has 8 heteroatoms. The minimum atomic E-state index is -1.18. The van der Waals surface area contributed by atoms with Gasteiger partial charge in [-0.1, -0.05) is 0 Å². The Hall–Kier alpha value is -2.77. The molecule has 2 aromatic heterocycles. The van der Waals surface area contributed by atoms with Crippen LogP contribution in [0.3, 0.4) is 0 Å². The van der Waals surface area contributed by atoms with Crippen molar-refractivity contribution in [3.63, 3.8) is 0 Å². The van der Waals surface area contributed by atoms with E-state index in [9.17, 15) is 9.18 Å². The van der Waals surface area contributed by atoms with Crippen LogP contribution in [0, 0.1) is 5.82 Å². The number of benzene rings is 1. The minimum absolute atomic E-state index is 0.0915. The summed E-state index contributed by atoms with van der Waals surface area (Å²) in [5.41, 5.74) is 0.269. The predicted molar refractivity (Wildman–Crippen MR) is 56.3 cm³/mol. The molecule has 0 bridgehead atoms. The number of carboxylic acids is 1. The molecule has 18 heavy (non-hydrogen) atoms. The van der Waals surface area contributed by atoms with Crippen LogP contribution in [0.1, 0.15) is 10.4 Å². The second kappa shape index (κ2) is 3.62. The Balaban J connectivity index is 2.26. The molecular weight excluding hydrogens is 243 g/mol. The second-order valence-electron chi connectivity index (χ2n) is 3.53. The molecule has 0 aliphatic rings. The zero-order chi connectivity index (χ0) is 12.7. The van der Waals surface area contributed by atoms with E-state index >= 15 is 0 Å². The van der Waals surface area contributed by atoms with Gasteiger partial charge in [0.2, 0.25) is 0 Å². The fraction of sp³-hybridized carbons (Fsp3) is 0. The molecule has 0 amide bonds. The van der Waals surface area contributed by atoms with Crippen LogP contribution < -0.4 is 0 Å². The summed E-state index contributed by atoms with van der Waals surface area (Å²) in [6, 6.07) is 2.43. The maximum Gasteiger partial charge on any atom is 0.339 e. The number of nitrogens with zero attached hydrogens (tertiary/aromatic N) is 3. The van der Waals surface area contributed by atoms with E-state index in [-0.39, 0.29) is 27.9 Å². The molecule has 2 N–H and O–H groups in total. The number of fused-ring (bicyclic) bond motifs is 1. The Bertz CT molecular complexity index is 735. The Labute approximate surface area is 98.2 Å². The van der Waals surface area contributed by atoms with Crippen molar-refractivity contribution in [2.45, 2.75) is 0 Å². The number of carboxylic acid groups (broad SMARTS) is 1. The Morgan fingerprint density at radius 2 is 2.28 bits per heavy atom. The van der Waals surface area contributed by atoms with Crippen LogP contribution in [0.2, 0.25) is 0 Å². The number of tetrazole rings is 1. The molecule has 90 valence electrons. The van der Waals surface area contributed by atoms with Gasteiger partial charge in [0.05, 0.1) is 5.56 Å². The Kier molecular flexibility index (Phi) is 2.09. The zero-order valence-corrected chi connectivity index (χ0v) is 8.72. The lowest BCUT2D eigenvalue weighted by molar-refractivity contribution is 0.0698. The van der Waals surface area contributed by atoms with E-state index in [0.29, 0.717) is 0 Å². The molecule has 0 atom stereocenters. The van der Waals surface area contributed by atoms with Crippen molar-refractivity contribution in [1.82, 2.24) is 20.6 Å². The third-order valence-corrected chi connectivity index (χ3v) is 2.49. The molecule has 3 rings (SSSR count). The summed E-state index contributed by atoms with van der Waals surface area (Å²) < 4.78 is 18.9. The monoisotopic (exact) mass is 248 g/mol. The molecule has 0 unspecified atom stereocenters. The lowest BCUT2D eigenvalue weighted by Gasteiger charge is -1.98. The van der Waals surface area contributed by atoms with Crippen LogP contribution in [-0.2, 0) is 0 Å². The maximum atomic E-state index is 13.9. The van der Waals surface area contributed by atoms with E-state index in [1.54, 1.807) is 0 Å². The number of aromatic nitrogens is 4. The van der Waals surface area contributed by atoms with Gasteiger partial charge in [-0.05, 0) is 22.6 Å². The number of hydrogen-bond acceptors (Lipinski definition) is 5. The number of aromatic amines is 1. The normalized spacial score (nSPS) is 10.9. The fourth-order valence-corrected chi connectivity index (χ4v) is 1.67. The first kappa shape index (κ1) is 10.4. The SMILES string of the molecule is O=C(O)c1coc2cc(-c3nnn[nH]3)c(F)cc12. The standard InChI is InChI=1S/C10H5FN4O3/c11-7-1-4-6(10(16)17)3-18-8(4)2-5(7)9-12-14-15-13-9/h1-3H,(H,16,17)(H,12,13,14,15). The van der Waals surface area contributed by atoms with Crippen molar-refractivity contribution in [1.29, 1.82) is 0 Å². The maximum absolute atomic E-state index is 13.9. The van der Waals surface area contributed by atoms with Gasteiger partial charge >= 0.3 is 5.97 Å². The third kappa shape index (κ3) is 1.43. The van der Waals surface area contributed by atoms with Gasteiger partial charge in [0.1, 0.15) is 23.2 Å². The topological polar surface area (TPSA) is 105 Å². The van der Waals surface area contributed by atoms with Crippen molar-refractivity contribution >= 4 is 16.9 Å². The highest BCUT2D eigenvalue weighted by atomic mass is 19.1. The molecular formula is C10H5FN4O3. The van der Waals surface area contributed by atoms with Crippen LogP contribution in [0.25, 0.3) is 22.4 Å². The largest absolute Gasteiger partial charge is 0.478 e. The summed E-state index contributed by atoms with van der Waals surface area (Å²) in [6.07, 6.45) is 1.06. The molecule has 1 aromatic carbocycles. The summed E-state index contributed by atoms with van der Waals surface area (Å²) in [5, 5.41) is 21.8. The zero-order valence-electron chi connectivity index (χ0n) is 8.72. The lowest BCUT2D eigenvalue weighted by Crippen LogP contribution is -1.94. The molecule has 0 fully saturated rings. The van der Waals surface area contributed by atoms with E-state index in [2.05, 4.69) is 20.6 Å². The average molecular weight is 248 g/mol. The van der Waals surface area contributed by atoms with E-state index in [1.165, 1.54) is 6.07 Å². The van der Waals surface area contributed by atoms with Crippen LogP contribution in [-0.4, -0.2) is 31.7 Å². The summed E-state index contributed by atoms with van der Waals surface area (Å²) in [5.74, 6) is -1.67. The molecule has 0 radical (unpaired) electrons. The van der Waals surface area contributed by atoms with Crippen molar-refractivity contribution in [2.24, 2.45) is 0 Å². The first-order valence-electron chi connectivity index (χ1n) is 4.85. The molecule has 0 spiro atoms.